The van der Waals surface area contributed by atoms with Crippen molar-refractivity contribution in [2.75, 3.05) is 0 Å². The third-order valence-corrected chi connectivity index (χ3v) is 4.39. The molecule has 1 aliphatic rings. The predicted molar refractivity (Wildman–Crippen MR) is 77.2 cm³/mol. The molecule has 0 atom stereocenters. The van der Waals surface area contributed by atoms with E-state index in [1.54, 1.807) is 24.1 Å². The standard InChI is InChI=1S/C16H15F2NS/c17-13-3-1-12(2-4-13)11-19(15-7-8-15)20-16-9-5-14(18)6-10-16/h1-6,9-10,15H,7-8,11H2. The molecule has 0 spiro atoms. The zero-order valence-corrected chi connectivity index (χ0v) is 11.7. The highest BCUT2D eigenvalue weighted by Crippen LogP contribution is 2.37. The van der Waals surface area contributed by atoms with E-state index in [-0.39, 0.29) is 11.6 Å². The van der Waals surface area contributed by atoms with Crippen molar-refractivity contribution in [3.63, 3.8) is 0 Å². The topological polar surface area (TPSA) is 3.24 Å². The number of hydrogen-bond acceptors (Lipinski definition) is 2. The second-order valence-corrected chi connectivity index (χ2v) is 6.10. The number of benzene rings is 2. The first-order valence-corrected chi connectivity index (χ1v) is 7.43. The molecule has 1 aliphatic carbocycles. The Morgan fingerprint density at radius 2 is 1.45 bits per heavy atom. The first-order chi connectivity index (χ1) is 9.70. The fourth-order valence-electron chi connectivity index (χ4n) is 2.00. The van der Waals surface area contributed by atoms with Gasteiger partial charge in [0.1, 0.15) is 11.6 Å². The minimum absolute atomic E-state index is 0.210. The van der Waals surface area contributed by atoms with Gasteiger partial charge in [-0.2, -0.15) is 0 Å². The van der Waals surface area contributed by atoms with Gasteiger partial charge in [0.25, 0.3) is 0 Å². The Kier molecular flexibility index (Phi) is 4.03. The molecular formula is C16H15F2NS. The van der Waals surface area contributed by atoms with Crippen molar-refractivity contribution < 1.29 is 8.78 Å². The molecule has 0 amide bonds. The zero-order valence-electron chi connectivity index (χ0n) is 10.9. The first kappa shape index (κ1) is 13.6. The maximum absolute atomic E-state index is 12.9. The molecule has 0 unspecified atom stereocenters. The maximum atomic E-state index is 12.9. The Bertz CT molecular complexity index is 517. The Balaban J connectivity index is 1.69. The molecular weight excluding hydrogens is 276 g/mol. The molecule has 0 aromatic heterocycles. The van der Waals surface area contributed by atoms with Crippen molar-refractivity contribution in [3.05, 3.63) is 65.7 Å². The highest BCUT2D eigenvalue weighted by Gasteiger charge is 2.29. The number of hydrogen-bond donors (Lipinski definition) is 0. The van der Waals surface area contributed by atoms with Gasteiger partial charge in [0, 0.05) is 17.5 Å². The van der Waals surface area contributed by atoms with Crippen molar-refractivity contribution in [1.29, 1.82) is 0 Å². The van der Waals surface area contributed by atoms with Gasteiger partial charge in [-0.05, 0) is 66.8 Å². The predicted octanol–water partition coefficient (Wildman–Crippen LogP) is 4.64. The molecule has 2 aromatic rings. The summed E-state index contributed by atoms with van der Waals surface area (Å²) in [4.78, 5) is 1.03. The third kappa shape index (κ3) is 3.58. The largest absolute Gasteiger partial charge is 0.239 e. The van der Waals surface area contributed by atoms with E-state index in [9.17, 15) is 8.78 Å². The fourth-order valence-corrected chi connectivity index (χ4v) is 3.10. The van der Waals surface area contributed by atoms with Crippen molar-refractivity contribution in [2.45, 2.75) is 30.3 Å². The van der Waals surface area contributed by atoms with E-state index in [4.69, 9.17) is 0 Å². The minimum atomic E-state index is -0.217. The molecule has 1 nitrogen and oxygen atoms in total. The summed E-state index contributed by atoms with van der Waals surface area (Å²) >= 11 is 1.64. The molecule has 0 radical (unpaired) electrons. The summed E-state index contributed by atoms with van der Waals surface area (Å²) in [6, 6.07) is 13.7. The molecule has 1 fully saturated rings. The number of rotatable bonds is 5. The second kappa shape index (κ2) is 5.94. The van der Waals surface area contributed by atoms with Gasteiger partial charge in [0.2, 0.25) is 0 Å². The average molecular weight is 291 g/mol. The monoisotopic (exact) mass is 291 g/mol. The lowest BCUT2D eigenvalue weighted by atomic mass is 10.2. The van der Waals surface area contributed by atoms with Gasteiger partial charge in [0.15, 0.2) is 0 Å². The van der Waals surface area contributed by atoms with Crippen molar-refractivity contribution in [1.82, 2.24) is 4.31 Å². The second-order valence-electron chi connectivity index (χ2n) is 4.98. The van der Waals surface area contributed by atoms with Crippen molar-refractivity contribution in [2.24, 2.45) is 0 Å². The van der Waals surface area contributed by atoms with Gasteiger partial charge in [-0.15, -0.1) is 0 Å². The fraction of sp³-hybridized carbons (Fsp3) is 0.250. The van der Waals surface area contributed by atoms with Gasteiger partial charge in [-0.1, -0.05) is 12.1 Å². The molecule has 2 aromatic carbocycles. The highest BCUT2D eigenvalue weighted by atomic mass is 32.2. The number of halogens is 2. The van der Waals surface area contributed by atoms with Crippen LogP contribution in [0.5, 0.6) is 0 Å². The minimum Gasteiger partial charge on any atom is -0.239 e. The zero-order chi connectivity index (χ0) is 13.9. The van der Waals surface area contributed by atoms with Gasteiger partial charge in [0.05, 0.1) is 0 Å². The number of nitrogens with zero attached hydrogens (tertiary/aromatic N) is 1. The highest BCUT2D eigenvalue weighted by molar-refractivity contribution is 7.97. The van der Waals surface area contributed by atoms with Crippen molar-refractivity contribution >= 4 is 11.9 Å². The molecule has 0 N–H and O–H groups in total. The van der Waals surface area contributed by atoms with E-state index < -0.39 is 0 Å². The van der Waals surface area contributed by atoms with Crippen LogP contribution in [0.15, 0.2) is 53.4 Å². The van der Waals surface area contributed by atoms with E-state index in [1.165, 1.54) is 37.1 Å². The van der Waals surface area contributed by atoms with E-state index in [2.05, 4.69) is 4.31 Å². The molecule has 0 aliphatic heterocycles. The molecule has 20 heavy (non-hydrogen) atoms. The Hall–Kier alpha value is -1.39. The van der Waals surface area contributed by atoms with E-state index in [0.29, 0.717) is 6.04 Å². The summed E-state index contributed by atoms with van der Waals surface area (Å²) in [5.41, 5.74) is 1.09. The Morgan fingerprint density at radius 3 is 2.00 bits per heavy atom. The van der Waals surface area contributed by atoms with E-state index >= 15 is 0 Å². The summed E-state index contributed by atoms with van der Waals surface area (Å²) in [6.45, 7) is 0.771. The van der Waals surface area contributed by atoms with E-state index in [1.807, 2.05) is 12.1 Å². The summed E-state index contributed by atoms with van der Waals surface area (Å²) in [5.74, 6) is -0.427. The van der Waals surface area contributed by atoms with Crippen LogP contribution in [0, 0.1) is 11.6 Å². The van der Waals surface area contributed by atoms with Gasteiger partial charge < -0.3 is 0 Å². The summed E-state index contributed by atoms with van der Waals surface area (Å²) < 4.78 is 28.1. The summed E-state index contributed by atoms with van der Waals surface area (Å²) in [5, 5.41) is 0. The van der Waals surface area contributed by atoms with Crippen LogP contribution in [0.25, 0.3) is 0 Å². The van der Waals surface area contributed by atoms with Gasteiger partial charge >= 0.3 is 0 Å². The van der Waals surface area contributed by atoms with Crippen LogP contribution in [0.3, 0.4) is 0 Å². The smallest absolute Gasteiger partial charge is 0.123 e. The molecule has 0 heterocycles. The van der Waals surface area contributed by atoms with Gasteiger partial charge in [-0.25, -0.2) is 13.1 Å². The van der Waals surface area contributed by atoms with Crippen LogP contribution in [-0.4, -0.2) is 10.3 Å². The molecule has 0 saturated heterocycles. The molecule has 104 valence electrons. The SMILES string of the molecule is Fc1ccc(CN(Sc2ccc(F)cc2)C2CC2)cc1. The van der Waals surface area contributed by atoms with Crippen LogP contribution in [-0.2, 0) is 6.54 Å². The first-order valence-electron chi connectivity index (χ1n) is 6.65. The Morgan fingerprint density at radius 1 is 0.900 bits per heavy atom. The average Bonchev–Trinajstić information content (AvgIpc) is 3.27. The van der Waals surface area contributed by atoms with Crippen LogP contribution in [0.1, 0.15) is 18.4 Å². The molecule has 1 saturated carbocycles. The summed E-state index contributed by atoms with van der Waals surface area (Å²) in [6.07, 6.45) is 2.38. The van der Waals surface area contributed by atoms with Crippen LogP contribution >= 0.6 is 11.9 Å². The normalized spacial score (nSPS) is 14.8. The maximum Gasteiger partial charge on any atom is 0.123 e. The van der Waals surface area contributed by atoms with Crippen LogP contribution in [0.4, 0.5) is 8.78 Å². The third-order valence-electron chi connectivity index (χ3n) is 3.24. The van der Waals surface area contributed by atoms with Crippen LogP contribution < -0.4 is 0 Å². The van der Waals surface area contributed by atoms with Crippen LogP contribution in [0.2, 0.25) is 0 Å². The molecule has 3 rings (SSSR count). The Labute approximate surface area is 121 Å². The molecule has 0 bridgehead atoms. The lowest BCUT2D eigenvalue weighted by Gasteiger charge is -2.20. The lowest BCUT2D eigenvalue weighted by Crippen LogP contribution is -2.17. The van der Waals surface area contributed by atoms with Gasteiger partial charge in [-0.3, -0.25) is 0 Å². The van der Waals surface area contributed by atoms with E-state index in [0.717, 1.165) is 17.0 Å². The van der Waals surface area contributed by atoms with Crippen molar-refractivity contribution in [3.8, 4) is 0 Å². The summed E-state index contributed by atoms with van der Waals surface area (Å²) in [7, 11) is 0. The molecule has 4 heteroatoms. The quantitative estimate of drug-likeness (QED) is 0.738. The lowest BCUT2D eigenvalue weighted by molar-refractivity contribution is 0.457.